The van der Waals surface area contributed by atoms with Crippen molar-refractivity contribution in [3.8, 4) is 11.5 Å². The summed E-state index contributed by atoms with van der Waals surface area (Å²) in [6, 6.07) is 17.3. The molecular weight excluding hydrogens is 388 g/mol. The highest BCUT2D eigenvalue weighted by molar-refractivity contribution is 6.42. The fourth-order valence-corrected chi connectivity index (χ4v) is 2.79. The van der Waals surface area contributed by atoms with Gasteiger partial charge in [0.2, 0.25) is 0 Å². The predicted octanol–water partition coefficient (Wildman–Crippen LogP) is 6.33. The first-order chi connectivity index (χ1) is 13.0. The Labute approximate surface area is 167 Å². The maximum absolute atomic E-state index is 13.0. The van der Waals surface area contributed by atoms with Gasteiger partial charge in [-0.3, -0.25) is 0 Å². The second kappa shape index (κ2) is 8.98. The van der Waals surface area contributed by atoms with Crippen LogP contribution in [-0.4, -0.2) is 7.11 Å². The quantitative estimate of drug-likeness (QED) is 0.497. The molecule has 0 radical (unpaired) electrons. The van der Waals surface area contributed by atoms with Gasteiger partial charge in [0.1, 0.15) is 12.4 Å². The number of hydrogen-bond acceptors (Lipinski definition) is 3. The molecule has 0 saturated heterocycles. The van der Waals surface area contributed by atoms with Crippen molar-refractivity contribution in [1.29, 1.82) is 0 Å². The molecule has 3 aromatic rings. The lowest BCUT2D eigenvalue weighted by atomic mass is 10.2. The fraction of sp³-hybridized carbons (Fsp3) is 0.143. The van der Waals surface area contributed by atoms with Crippen molar-refractivity contribution in [2.45, 2.75) is 13.2 Å². The summed E-state index contributed by atoms with van der Waals surface area (Å²) in [4.78, 5) is 0. The van der Waals surface area contributed by atoms with Gasteiger partial charge in [0.15, 0.2) is 11.5 Å². The maximum atomic E-state index is 13.0. The van der Waals surface area contributed by atoms with Gasteiger partial charge in [0.05, 0.1) is 17.2 Å². The summed E-state index contributed by atoms with van der Waals surface area (Å²) in [7, 11) is 1.59. The Hall–Kier alpha value is -2.43. The summed E-state index contributed by atoms with van der Waals surface area (Å²) in [5, 5.41) is 4.31. The van der Waals surface area contributed by atoms with Gasteiger partial charge < -0.3 is 14.8 Å². The van der Waals surface area contributed by atoms with Crippen molar-refractivity contribution in [2.24, 2.45) is 0 Å². The van der Waals surface area contributed by atoms with Crippen molar-refractivity contribution in [1.82, 2.24) is 0 Å². The highest BCUT2D eigenvalue weighted by Crippen LogP contribution is 2.30. The summed E-state index contributed by atoms with van der Waals surface area (Å²) >= 11 is 12.0. The molecule has 0 saturated carbocycles. The third-order valence-electron chi connectivity index (χ3n) is 3.95. The van der Waals surface area contributed by atoms with Crippen molar-refractivity contribution in [3.63, 3.8) is 0 Å². The molecule has 0 spiro atoms. The maximum Gasteiger partial charge on any atom is 0.161 e. The Kier molecular flexibility index (Phi) is 6.43. The van der Waals surface area contributed by atoms with Crippen LogP contribution in [0.4, 0.5) is 10.1 Å². The second-order valence-corrected chi connectivity index (χ2v) is 6.70. The minimum Gasteiger partial charge on any atom is -0.493 e. The van der Waals surface area contributed by atoms with E-state index in [1.165, 1.54) is 12.1 Å². The molecule has 0 aliphatic heterocycles. The van der Waals surface area contributed by atoms with E-state index in [4.69, 9.17) is 32.7 Å². The minimum absolute atomic E-state index is 0.268. The average Bonchev–Trinajstić information content (AvgIpc) is 2.68. The summed E-state index contributed by atoms with van der Waals surface area (Å²) in [6.45, 7) is 0.921. The Bertz CT molecular complexity index is 917. The lowest BCUT2D eigenvalue weighted by Crippen LogP contribution is -2.02. The molecule has 0 aliphatic carbocycles. The van der Waals surface area contributed by atoms with Gasteiger partial charge in [0, 0.05) is 12.2 Å². The first-order valence-corrected chi connectivity index (χ1v) is 9.04. The molecule has 0 unspecified atom stereocenters. The standard InChI is InChI=1S/C21H18Cl2FNO2/c1-26-21-10-15(12-25-17-7-8-18(22)19(23)11-17)4-9-20(21)27-13-14-2-5-16(24)6-3-14/h2-11,25H,12-13H2,1H3. The Morgan fingerprint density at radius 1 is 0.852 bits per heavy atom. The van der Waals surface area contributed by atoms with E-state index in [1.807, 2.05) is 24.3 Å². The van der Waals surface area contributed by atoms with Crippen LogP contribution in [0, 0.1) is 5.82 Å². The minimum atomic E-state index is -0.268. The number of methoxy groups -OCH3 is 1. The van der Waals surface area contributed by atoms with E-state index in [9.17, 15) is 4.39 Å². The lowest BCUT2D eigenvalue weighted by molar-refractivity contribution is 0.284. The SMILES string of the molecule is COc1cc(CNc2ccc(Cl)c(Cl)c2)ccc1OCc1ccc(F)cc1. The van der Waals surface area contributed by atoms with Gasteiger partial charge in [0.25, 0.3) is 0 Å². The molecular formula is C21H18Cl2FNO2. The van der Waals surface area contributed by atoms with Crippen LogP contribution in [0.3, 0.4) is 0 Å². The number of halogens is 3. The van der Waals surface area contributed by atoms with Gasteiger partial charge in [-0.1, -0.05) is 41.4 Å². The van der Waals surface area contributed by atoms with Crippen LogP contribution in [0.5, 0.6) is 11.5 Å². The molecule has 0 bridgehead atoms. The Balaban J connectivity index is 1.64. The molecule has 3 rings (SSSR count). The van der Waals surface area contributed by atoms with E-state index in [0.29, 0.717) is 34.7 Å². The summed E-state index contributed by atoms with van der Waals surface area (Å²) in [6.07, 6.45) is 0. The number of rotatable bonds is 7. The van der Waals surface area contributed by atoms with Crippen LogP contribution in [0.2, 0.25) is 10.0 Å². The smallest absolute Gasteiger partial charge is 0.161 e. The predicted molar refractivity (Wildman–Crippen MR) is 108 cm³/mol. The summed E-state index contributed by atoms with van der Waals surface area (Å²) in [5.41, 5.74) is 2.77. The molecule has 6 heteroatoms. The number of benzene rings is 3. The molecule has 0 aliphatic rings. The molecule has 0 aromatic heterocycles. The lowest BCUT2D eigenvalue weighted by Gasteiger charge is -2.13. The summed E-state index contributed by atoms with van der Waals surface area (Å²) in [5.74, 6) is 0.987. The molecule has 0 atom stereocenters. The molecule has 27 heavy (non-hydrogen) atoms. The largest absolute Gasteiger partial charge is 0.493 e. The third kappa shape index (κ3) is 5.28. The first-order valence-electron chi connectivity index (χ1n) is 8.28. The second-order valence-electron chi connectivity index (χ2n) is 5.88. The zero-order valence-electron chi connectivity index (χ0n) is 14.6. The zero-order valence-corrected chi connectivity index (χ0v) is 16.1. The zero-order chi connectivity index (χ0) is 19.2. The van der Waals surface area contributed by atoms with Crippen molar-refractivity contribution < 1.29 is 13.9 Å². The van der Waals surface area contributed by atoms with Gasteiger partial charge in [-0.15, -0.1) is 0 Å². The van der Waals surface area contributed by atoms with E-state index in [1.54, 1.807) is 31.4 Å². The molecule has 140 valence electrons. The van der Waals surface area contributed by atoms with Crippen molar-refractivity contribution in [2.75, 3.05) is 12.4 Å². The van der Waals surface area contributed by atoms with Crippen LogP contribution in [-0.2, 0) is 13.2 Å². The van der Waals surface area contributed by atoms with Gasteiger partial charge in [-0.25, -0.2) is 4.39 Å². The highest BCUT2D eigenvalue weighted by Gasteiger charge is 2.07. The fourth-order valence-electron chi connectivity index (χ4n) is 2.49. The van der Waals surface area contributed by atoms with Crippen LogP contribution in [0.25, 0.3) is 0 Å². The number of nitrogens with one attached hydrogen (secondary N) is 1. The van der Waals surface area contributed by atoms with Crippen molar-refractivity contribution >= 4 is 28.9 Å². The van der Waals surface area contributed by atoms with Gasteiger partial charge >= 0.3 is 0 Å². The molecule has 0 fully saturated rings. The van der Waals surface area contributed by atoms with Crippen LogP contribution in [0.15, 0.2) is 60.7 Å². The van der Waals surface area contributed by atoms with Crippen LogP contribution < -0.4 is 14.8 Å². The Morgan fingerprint density at radius 2 is 1.59 bits per heavy atom. The molecule has 3 aromatic carbocycles. The molecule has 3 nitrogen and oxygen atoms in total. The topological polar surface area (TPSA) is 30.5 Å². The third-order valence-corrected chi connectivity index (χ3v) is 4.69. The van der Waals surface area contributed by atoms with E-state index in [2.05, 4.69) is 5.32 Å². The monoisotopic (exact) mass is 405 g/mol. The average molecular weight is 406 g/mol. The van der Waals surface area contributed by atoms with E-state index in [0.717, 1.165) is 16.8 Å². The van der Waals surface area contributed by atoms with Crippen LogP contribution >= 0.6 is 23.2 Å². The number of hydrogen-bond donors (Lipinski definition) is 1. The first kappa shape index (κ1) is 19.3. The van der Waals surface area contributed by atoms with Crippen LogP contribution in [0.1, 0.15) is 11.1 Å². The van der Waals surface area contributed by atoms with Crippen molar-refractivity contribution in [3.05, 3.63) is 87.7 Å². The van der Waals surface area contributed by atoms with Gasteiger partial charge in [-0.2, -0.15) is 0 Å². The molecule has 0 heterocycles. The number of ether oxygens (including phenoxy) is 2. The highest BCUT2D eigenvalue weighted by atomic mass is 35.5. The molecule has 1 N–H and O–H groups in total. The van der Waals surface area contributed by atoms with E-state index < -0.39 is 0 Å². The summed E-state index contributed by atoms with van der Waals surface area (Å²) < 4.78 is 24.2. The normalized spacial score (nSPS) is 10.5. The molecule has 0 amide bonds. The van der Waals surface area contributed by atoms with E-state index in [-0.39, 0.29) is 5.82 Å². The Morgan fingerprint density at radius 3 is 2.30 bits per heavy atom. The van der Waals surface area contributed by atoms with E-state index >= 15 is 0 Å². The number of anilines is 1. The van der Waals surface area contributed by atoms with Gasteiger partial charge in [-0.05, 0) is 53.6 Å².